The molecule has 7 nitrogen and oxygen atoms in total. The van der Waals surface area contributed by atoms with Crippen molar-refractivity contribution >= 4 is 32.7 Å². The van der Waals surface area contributed by atoms with Crippen LogP contribution < -0.4 is 9.46 Å². The smallest absolute Gasteiger partial charge is 0.275 e. The lowest BCUT2D eigenvalue weighted by molar-refractivity contribution is -0.385. The Morgan fingerprint density at radius 2 is 2.05 bits per heavy atom. The summed E-state index contributed by atoms with van der Waals surface area (Å²) in [5.41, 5.74) is -0.939. The van der Waals surface area contributed by atoms with E-state index in [-0.39, 0.29) is 21.2 Å². The van der Waals surface area contributed by atoms with Crippen molar-refractivity contribution in [1.82, 2.24) is 0 Å². The predicted octanol–water partition coefficient (Wildman–Crippen LogP) is 2.91. The van der Waals surface area contributed by atoms with Crippen LogP contribution in [-0.2, 0) is 10.0 Å². The zero-order chi connectivity index (χ0) is 16.5. The topological polar surface area (TPSA) is 98.5 Å². The third kappa shape index (κ3) is 2.88. The molecule has 22 heavy (non-hydrogen) atoms. The van der Waals surface area contributed by atoms with Gasteiger partial charge in [-0.05, 0) is 24.4 Å². The van der Waals surface area contributed by atoms with Crippen molar-refractivity contribution in [3.05, 3.63) is 45.1 Å². The number of nitrogens with one attached hydrogen (secondary N) is 1. The summed E-state index contributed by atoms with van der Waals surface area (Å²) in [6.45, 7) is 1.27. The molecule has 10 heteroatoms. The minimum Gasteiger partial charge on any atom is -0.494 e. The monoisotopic (exact) mass is 346 g/mol. The molecule has 0 unspecified atom stereocenters. The maximum absolute atomic E-state index is 13.9. The molecule has 0 atom stereocenters. The van der Waals surface area contributed by atoms with E-state index in [2.05, 4.69) is 4.72 Å². The van der Waals surface area contributed by atoms with E-state index < -0.39 is 26.5 Å². The summed E-state index contributed by atoms with van der Waals surface area (Å²) in [6, 6.07) is 3.28. The average molecular weight is 346 g/mol. The Morgan fingerprint density at radius 3 is 2.64 bits per heavy atom. The molecular weight excluding hydrogens is 335 g/mol. The molecule has 0 saturated heterocycles. The maximum atomic E-state index is 13.9. The molecule has 0 aliphatic rings. The zero-order valence-electron chi connectivity index (χ0n) is 11.5. The molecule has 0 radical (unpaired) electrons. The second-order valence-electron chi connectivity index (χ2n) is 4.21. The Bertz CT molecular complexity index is 832. The van der Waals surface area contributed by atoms with Crippen molar-refractivity contribution in [3.8, 4) is 5.75 Å². The molecule has 0 amide bonds. The predicted molar refractivity (Wildman–Crippen MR) is 79.5 cm³/mol. The van der Waals surface area contributed by atoms with Crippen molar-refractivity contribution in [3.63, 3.8) is 0 Å². The van der Waals surface area contributed by atoms with E-state index in [9.17, 15) is 22.9 Å². The normalized spacial score (nSPS) is 11.2. The Balaban J connectivity index is 2.51. The highest BCUT2D eigenvalue weighted by Gasteiger charge is 2.26. The minimum absolute atomic E-state index is 0.107. The van der Waals surface area contributed by atoms with Crippen molar-refractivity contribution in [2.75, 3.05) is 11.8 Å². The fourth-order valence-electron chi connectivity index (χ4n) is 1.80. The molecule has 118 valence electrons. The van der Waals surface area contributed by atoms with Gasteiger partial charge in [-0.2, -0.15) is 0 Å². The lowest BCUT2D eigenvalue weighted by atomic mass is 10.1. The van der Waals surface area contributed by atoms with Crippen LogP contribution in [0.5, 0.6) is 5.75 Å². The second-order valence-corrected chi connectivity index (χ2v) is 7.00. The highest BCUT2D eigenvalue weighted by Crippen LogP contribution is 2.34. The molecule has 1 aromatic carbocycles. The fraction of sp³-hybridized carbons (Fsp3) is 0.167. The molecular formula is C12H11FN2O5S2. The Labute approximate surface area is 129 Å². The molecule has 1 N–H and O–H groups in total. The number of rotatable bonds is 5. The van der Waals surface area contributed by atoms with Gasteiger partial charge in [0.15, 0.2) is 4.21 Å². The quantitative estimate of drug-likeness (QED) is 0.663. The Morgan fingerprint density at radius 1 is 1.36 bits per heavy atom. The lowest BCUT2D eigenvalue weighted by Crippen LogP contribution is -2.15. The van der Waals surface area contributed by atoms with Crippen LogP contribution >= 0.6 is 11.3 Å². The van der Waals surface area contributed by atoms with Gasteiger partial charge in [0, 0.05) is 6.07 Å². The van der Waals surface area contributed by atoms with Gasteiger partial charge in [-0.3, -0.25) is 14.8 Å². The third-order valence-corrected chi connectivity index (χ3v) is 5.67. The average Bonchev–Trinajstić information content (AvgIpc) is 2.92. The molecule has 0 aliphatic carbocycles. The van der Waals surface area contributed by atoms with Crippen molar-refractivity contribution < 1.29 is 22.5 Å². The van der Waals surface area contributed by atoms with Gasteiger partial charge in [0.05, 0.1) is 23.3 Å². The second kappa shape index (κ2) is 5.89. The van der Waals surface area contributed by atoms with Crippen LogP contribution in [0, 0.1) is 22.9 Å². The number of nitrogens with zero attached hydrogens (tertiary/aromatic N) is 1. The Hall–Kier alpha value is -2.20. The summed E-state index contributed by atoms with van der Waals surface area (Å²) in [5.74, 6) is -0.789. The molecule has 0 aliphatic heterocycles. The summed E-state index contributed by atoms with van der Waals surface area (Å²) < 4.78 is 45.3. The van der Waals surface area contributed by atoms with Crippen LogP contribution in [0.4, 0.5) is 15.8 Å². The highest BCUT2D eigenvalue weighted by molar-refractivity contribution is 7.94. The number of halogens is 1. The number of nitro groups is 1. The van der Waals surface area contributed by atoms with E-state index in [1.807, 2.05) is 0 Å². The number of hydrogen-bond donors (Lipinski definition) is 1. The van der Waals surface area contributed by atoms with Gasteiger partial charge in [-0.15, -0.1) is 11.3 Å². The van der Waals surface area contributed by atoms with E-state index in [4.69, 9.17) is 4.74 Å². The first-order chi connectivity index (χ1) is 10.3. The number of thiophene rings is 1. The van der Waals surface area contributed by atoms with Crippen LogP contribution in [0.3, 0.4) is 0 Å². The van der Waals surface area contributed by atoms with E-state index in [0.29, 0.717) is 0 Å². The molecule has 0 fully saturated rings. The van der Waals surface area contributed by atoms with Gasteiger partial charge in [-0.1, -0.05) is 0 Å². The van der Waals surface area contributed by atoms with Gasteiger partial charge < -0.3 is 4.74 Å². The molecule has 0 spiro atoms. The maximum Gasteiger partial charge on any atom is 0.275 e. The first kappa shape index (κ1) is 16.2. The van der Waals surface area contributed by atoms with Crippen LogP contribution in [0.2, 0.25) is 0 Å². The standard InChI is InChI=1S/C12H11FN2O5S2/c1-7-9(15(16)17)4-3-8(13)11(7)14-22(18,19)12-10(20-2)5-6-21-12/h3-6,14H,1-2H3. The third-order valence-electron chi connectivity index (χ3n) is 2.88. The molecule has 0 bridgehead atoms. The number of ether oxygens (including phenoxy) is 1. The minimum atomic E-state index is -4.12. The summed E-state index contributed by atoms with van der Waals surface area (Å²) in [6.07, 6.45) is 0. The van der Waals surface area contributed by atoms with Gasteiger partial charge in [0.1, 0.15) is 11.6 Å². The van der Waals surface area contributed by atoms with E-state index in [0.717, 1.165) is 23.5 Å². The summed E-state index contributed by atoms with van der Waals surface area (Å²) in [5, 5.41) is 12.4. The Kier molecular flexibility index (Phi) is 4.33. The first-order valence-electron chi connectivity index (χ1n) is 5.85. The molecule has 0 saturated carbocycles. The highest BCUT2D eigenvalue weighted by atomic mass is 32.2. The van der Waals surface area contributed by atoms with Crippen molar-refractivity contribution in [2.45, 2.75) is 11.1 Å². The molecule has 1 aromatic heterocycles. The van der Waals surface area contributed by atoms with E-state index in [1.165, 1.54) is 25.5 Å². The SMILES string of the molecule is COc1ccsc1S(=O)(=O)Nc1c(F)ccc([N+](=O)[O-])c1C. The van der Waals surface area contributed by atoms with Crippen LogP contribution in [0.1, 0.15) is 5.56 Å². The molecule has 1 heterocycles. The first-order valence-corrected chi connectivity index (χ1v) is 8.22. The number of benzene rings is 1. The summed E-state index contributed by atoms with van der Waals surface area (Å²) in [4.78, 5) is 10.2. The lowest BCUT2D eigenvalue weighted by Gasteiger charge is -2.11. The molecule has 2 rings (SSSR count). The van der Waals surface area contributed by atoms with Gasteiger partial charge in [-0.25, -0.2) is 12.8 Å². The summed E-state index contributed by atoms with van der Waals surface area (Å²) >= 11 is 0.891. The van der Waals surface area contributed by atoms with Crippen LogP contribution in [0.25, 0.3) is 0 Å². The number of anilines is 1. The number of hydrogen-bond acceptors (Lipinski definition) is 6. The zero-order valence-corrected chi connectivity index (χ0v) is 13.1. The van der Waals surface area contributed by atoms with Gasteiger partial charge >= 0.3 is 0 Å². The van der Waals surface area contributed by atoms with Crippen molar-refractivity contribution in [2.24, 2.45) is 0 Å². The fourth-order valence-corrected chi connectivity index (χ4v) is 4.21. The summed E-state index contributed by atoms with van der Waals surface area (Å²) in [7, 11) is -2.81. The number of methoxy groups -OCH3 is 1. The number of nitro benzene ring substituents is 1. The molecule has 2 aromatic rings. The van der Waals surface area contributed by atoms with Crippen molar-refractivity contribution in [1.29, 1.82) is 0 Å². The van der Waals surface area contributed by atoms with Crippen LogP contribution in [-0.4, -0.2) is 20.5 Å². The van der Waals surface area contributed by atoms with Gasteiger partial charge in [0.25, 0.3) is 15.7 Å². The number of sulfonamides is 1. The van der Waals surface area contributed by atoms with Crippen LogP contribution in [0.15, 0.2) is 27.8 Å². The van der Waals surface area contributed by atoms with E-state index >= 15 is 0 Å². The van der Waals surface area contributed by atoms with E-state index in [1.54, 1.807) is 0 Å². The van der Waals surface area contributed by atoms with Gasteiger partial charge in [0.2, 0.25) is 0 Å². The largest absolute Gasteiger partial charge is 0.494 e.